The van der Waals surface area contributed by atoms with E-state index in [1.54, 1.807) is 18.2 Å². The molecule has 0 spiro atoms. The van der Waals surface area contributed by atoms with Gasteiger partial charge in [-0.25, -0.2) is 4.79 Å². The first-order chi connectivity index (χ1) is 9.97. The van der Waals surface area contributed by atoms with Crippen molar-refractivity contribution in [1.82, 2.24) is 0 Å². The van der Waals surface area contributed by atoms with Gasteiger partial charge in [0.1, 0.15) is 5.71 Å². The van der Waals surface area contributed by atoms with Crippen LogP contribution in [0.4, 0.5) is 11.4 Å². The quantitative estimate of drug-likeness (QED) is 0.359. The summed E-state index contributed by atoms with van der Waals surface area (Å²) in [5.41, 5.74) is 9.32. The molecule has 0 bridgehead atoms. The Labute approximate surface area is 127 Å². The lowest BCUT2D eigenvalue weighted by Crippen LogP contribution is -2.19. The summed E-state index contributed by atoms with van der Waals surface area (Å²) in [5.74, 6) is -1.09. The summed E-state index contributed by atoms with van der Waals surface area (Å²) in [6.45, 7) is 0. The summed E-state index contributed by atoms with van der Waals surface area (Å²) >= 11 is 5.78. The van der Waals surface area contributed by atoms with E-state index in [1.807, 2.05) is 0 Å². The zero-order valence-electron chi connectivity index (χ0n) is 11.7. The third-order valence-corrected chi connectivity index (χ3v) is 2.77. The van der Waals surface area contributed by atoms with Crippen LogP contribution in [0.3, 0.4) is 0 Å². The minimum absolute atomic E-state index is 0.0161. The normalized spacial score (nSPS) is 10.9. The van der Waals surface area contributed by atoms with Gasteiger partial charge in [0.25, 0.3) is 0 Å². The highest BCUT2D eigenvalue weighted by Gasteiger charge is 2.14. The molecule has 1 rings (SSSR count). The molecule has 1 aromatic carbocycles. The lowest BCUT2D eigenvalue weighted by molar-refractivity contribution is -0.140. The fourth-order valence-electron chi connectivity index (χ4n) is 1.41. The monoisotopic (exact) mass is 313 g/mol. The van der Waals surface area contributed by atoms with E-state index in [9.17, 15) is 9.59 Å². The molecule has 7 nitrogen and oxygen atoms in total. The van der Waals surface area contributed by atoms with Crippen molar-refractivity contribution in [3.8, 4) is 0 Å². The molecule has 0 aromatic heterocycles. The second kappa shape index (κ2) is 8.11. The first-order valence-electron chi connectivity index (χ1n) is 6.00. The number of hydrazone groups is 1. The van der Waals surface area contributed by atoms with E-state index >= 15 is 0 Å². The van der Waals surface area contributed by atoms with Crippen molar-refractivity contribution in [1.29, 1.82) is 0 Å². The maximum Gasteiger partial charge on any atom is 0.354 e. The molecule has 0 aliphatic heterocycles. The van der Waals surface area contributed by atoms with Crippen molar-refractivity contribution in [2.45, 2.75) is 12.8 Å². The molecule has 0 fully saturated rings. The smallest absolute Gasteiger partial charge is 0.354 e. The zero-order chi connectivity index (χ0) is 15.8. The van der Waals surface area contributed by atoms with E-state index in [1.165, 1.54) is 14.2 Å². The van der Waals surface area contributed by atoms with Crippen molar-refractivity contribution in [2.24, 2.45) is 5.10 Å². The number of carbonyl (C=O) groups is 2. The number of carbonyl (C=O) groups excluding carboxylic acids is 2. The van der Waals surface area contributed by atoms with Crippen LogP contribution in [0.25, 0.3) is 0 Å². The van der Waals surface area contributed by atoms with Crippen LogP contribution in [0.1, 0.15) is 12.8 Å². The summed E-state index contributed by atoms with van der Waals surface area (Å²) in [5, 5.41) is 4.41. The van der Waals surface area contributed by atoms with Crippen LogP contribution in [0.15, 0.2) is 23.3 Å². The number of hydrogen-bond donors (Lipinski definition) is 2. The van der Waals surface area contributed by atoms with Gasteiger partial charge < -0.3 is 15.2 Å². The first-order valence-corrected chi connectivity index (χ1v) is 6.38. The van der Waals surface area contributed by atoms with Crippen molar-refractivity contribution in [2.75, 3.05) is 25.4 Å². The summed E-state index contributed by atoms with van der Waals surface area (Å²) in [6.07, 6.45) is 0.0993. The average Bonchev–Trinajstić information content (AvgIpc) is 2.47. The number of nitrogen functional groups attached to an aromatic ring is 1. The third kappa shape index (κ3) is 5.31. The van der Waals surface area contributed by atoms with Gasteiger partial charge in [-0.15, -0.1) is 0 Å². The lowest BCUT2D eigenvalue weighted by atomic mass is 10.2. The van der Waals surface area contributed by atoms with Gasteiger partial charge in [-0.3, -0.25) is 10.2 Å². The molecule has 0 aliphatic rings. The summed E-state index contributed by atoms with van der Waals surface area (Å²) in [7, 11) is 2.50. The molecule has 0 unspecified atom stereocenters. The number of nitrogens with zero attached hydrogens (tertiary/aromatic N) is 1. The van der Waals surface area contributed by atoms with Gasteiger partial charge in [-0.05, 0) is 18.2 Å². The number of halogens is 1. The second-order valence-corrected chi connectivity index (χ2v) is 4.41. The maximum atomic E-state index is 11.6. The van der Waals surface area contributed by atoms with E-state index < -0.39 is 11.9 Å². The van der Waals surface area contributed by atoms with Crippen LogP contribution in [-0.4, -0.2) is 31.9 Å². The number of benzene rings is 1. The summed E-state index contributed by atoms with van der Waals surface area (Å²) in [4.78, 5) is 22.7. The molecule has 0 heterocycles. The summed E-state index contributed by atoms with van der Waals surface area (Å²) < 4.78 is 9.11. The number of anilines is 2. The Hall–Kier alpha value is -2.28. The Balaban J connectivity index is 2.82. The fourth-order valence-corrected chi connectivity index (χ4v) is 1.59. The number of hydrogen-bond acceptors (Lipinski definition) is 7. The molecule has 0 aliphatic carbocycles. The number of methoxy groups -OCH3 is 2. The number of nitrogens with two attached hydrogens (primary N) is 1. The van der Waals surface area contributed by atoms with Crippen molar-refractivity contribution in [3.05, 3.63) is 23.2 Å². The van der Waals surface area contributed by atoms with Gasteiger partial charge >= 0.3 is 11.9 Å². The zero-order valence-corrected chi connectivity index (χ0v) is 12.4. The van der Waals surface area contributed by atoms with Gasteiger partial charge in [-0.2, -0.15) is 5.10 Å². The molecule has 1 aromatic rings. The first kappa shape index (κ1) is 16.8. The molecule has 0 amide bonds. The van der Waals surface area contributed by atoms with Crippen LogP contribution in [0.5, 0.6) is 0 Å². The van der Waals surface area contributed by atoms with Gasteiger partial charge in [0, 0.05) is 11.4 Å². The minimum Gasteiger partial charge on any atom is -0.469 e. The fraction of sp³-hybridized carbons (Fsp3) is 0.308. The van der Waals surface area contributed by atoms with Crippen molar-refractivity contribution in [3.63, 3.8) is 0 Å². The predicted molar refractivity (Wildman–Crippen MR) is 80.2 cm³/mol. The Bertz CT molecular complexity index is 560. The van der Waals surface area contributed by atoms with Crippen molar-refractivity contribution < 1.29 is 19.1 Å². The van der Waals surface area contributed by atoms with E-state index in [0.717, 1.165) is 0 Å². The highest BCUT2D eigenvalue weighted by Crippen LogP contribution is 2.22. The predicted octanol–water partition coefficient (Wildman–Crippen LogP) is 1.82. The molecule has 21 heavy (non-hydrogen) atoms. The molecule has 0 atom stereocenters. The highest BCUT2D eigenvalue weighted by molar-refractivity contribution is 6.36. The number of nitrogens with one attached hydrogen (secondary N) is 1. The van der Waals surface area contributed by atoms with Gasteiger partial charge in [0.2, 0.25) is 0 Å². The molecule has 3 N–H and O–H groups in total. The van der Waals surface area contributed by atoms with Crippen LogP contribution >= 0.6 is 11.6 Å². The van der Waals surface area contributed by atoms with Crippen molar-refractivity contribution >= 4 is 40.6 Å². The third-order valence-electron chi connectivity index (χ3n) is 2.54. The molecule has 0 saturated carbocycles. The number of ether oxygens (including phenoxy) is 2. The topological polar surface area (TPSA) is 103 Å². The largest absolute Gasteiger partial charge is 0.469 e. The van der Waals surface area contributed by atoms with Gasteiger partial charge in [0.15, 0.2) is 0 Å². The van der Waals surface area contributed by atoms with E-state index in [-0.39, 0.29) is 18.6 Å². The molecule has 8 heteroatoms. The standard InChI is InChI=1S/C13H16ClN3O4/c1-20-12(18)6-5-11(13(19)21-2)17-16-10-4-3-8(14)7-9(10)15/h3-4,7,16H,5-6,15H2,1-2H3/b17-11+. The van der Waals surface area contributed by atoms with E-state index in [4.69, 9.17) is 17.3 Å². The number of esters is 2. The Morgan fingerprint density at radius 1 is 1.29 bits per heavy atom. The molecule has 0 radical (unpaired) electrons. The SMILES string of the molecule is COC(=O)CC/C(=N\Nc1ccc(Cl)cc1N)C(=O)OC. The Morgan fingerprint density at radius 3 is 2.57 bits per heavy atom. The molecule has 0 saturated heterocycles. The summed E-state index contributed by atoms with van der Waals surface area (Å²) in [6, 6.07) is 4.80. The minimum atomic E-state index is -0.640. The maximum absolute atomic E-state index is 11.6. The molecule has 114 valence electrons. The van der Waals surface area contributed by atoms with Crippen LogP contribution in [-0.2, 0) is 19.1 Å². The average molecular weight is 314 g/mol. The van der Waals surface area contributed by atoms with E-state index in [2.05, 4.69) is 20.0 Å². The molecular weight excluding hydrogens is 298 g/mol. The van der Waals surface area contributed by atoms with Crippen LogP contribution in [0, 0.1) is 0 Å². The number of rotatable bonds is 6. The van der Waals surface area contributed by atoms with Gasteiger partial charge in [0.05, 0.1) is 32.0 Å². The second-order valence-electron chi connectivity index (χ2n) is 3.97. The van der Waals surface area contributed by atoms with E-state index in [0.29, 0.717) is 16.4 Å². The highest BCUT2D eigenvalue weighted by atomic mass is 35.5. The van der Waals surface area contributed by atoms with Crippen LogP contribution in [0.2, 0.25) is 5.02 Å². The molecular formula is C13H16ClN3O4. The van der Waals surface area contributed by atoms with Crippen LogP contribution < -0.4 is 11.2 Å². The Kier molecular flexibility index (Phi) is 6.48. The van der Waals surface area contributed by atoms with Gasteiger partial charge in [-0.1, -0.05) is 11.6 Å². The Morgan fingerprint density at radius 2 is 2.00 bits per heavy atom. The lowest BCUT2D eigenvalue weighted by Gasteiger charge is -2.08.